The topological polar surface area (TPSA) is 49.8 Å². The molecule has 0 amide bonds. The molecule has 1 rings (SSSR count). The van der Waals surface area contributed by atoms with Crippen LogP contribution in [0.25, 0.3) is 0 Å². The highest BCUT2D eigenvalue weighted by Gasteiger charge is 2.21. The minimum Gasteiger partial charge on any atom is -0.480 e. The molecule has 0 bridgehead atoms. The van der Waals surface area contributed by atoms with Gasteiger partial charge in [-0.1, -0.05) is 6.92 Å². The zero-order chi connectivity index (χ0) is 10.6. The Bertz CT molecular complexity index is 184. The first-order chi connectivity index (χ1) is 6.58. The average Bonchev–Trinajstić information content (AvgIpc) is 2.25. The summed E-state index contributed by atoms with van der Waals surface area (Å²) in [5.74, 6) is -0.261. The molecule has 0 aromatic rings. The maximum atomic E-state index is 10.4. The predicted octanol–water partition coefficient (Wildman–Crippen LogP) is 0.818. The van der Waals surface area contributed by atoms with E-state index < -0.39 is 5.97 Å². The Morgan fingerprint density at radius 3 is 3.00 bits per heavy atom. The minimum atomic E-state index is -0.885. The highest BCUT2D eigenvalue weighted by atomic mass is 16.5. The first kappa shape index (κ1) is 11.5. The normalized spacial score (nSPS) is 29.9. The van der Waals surface area contributed by atoms with Crippen LogP contribution in [-0.4, -0.2) is 48.8 Å². The maximum Gasteiger partial charge on any atom is 0.329 e. The summed E-state index contributed by atoms with van der Waals surface area (Å²) in [5.41, 5.74) is 0. The lowest BCUT2D eigenvalue weighted by Gasteiger charge is -2.19. The highest BCUT2D eigenvalue weighted by molar-refractivity contribution is 5.68. The summed E-state index contributed by atoms with van der Waals surface area (Å²) >= 11 is 0. The van der Waals surface area contributed by atoms with Crippen LogP contribution in [0.5, 0.6) is 0 Å². The van der Waals surface area contributed by atoms with Gasteiger partial charge in [0.1, 0.15) is 6.61 Å². The summed E-state index contributed by atoms with van der Waals surface area (Å²) in [7, 11) is 2.05. The third kappa shape index (κ3) is 4.07. The number of likely N-dealkylation sites (N-methyl/N-ethyl adjacent to an activating group) is 1. The maximum absolute atomic E-state index is 10.4. The molecule has 1 aliphatic rings. The molecule has 1 fully saturated rings. The lowest BCUT2D eigenvalue weighted by molar-refractivity contribution is -0.144. The molecule has 2 unspecified atom stereocenters. The van der Waals surface area contributed by atoms with E-state index >= 15 is 0 Å². The fourth-order valence-corrected chi connectivity index (χ4v) is 1.83. The molecule has 1 heterocycles. The minimum absolute atomic E-state index is 0.0774. The molecule has 0 radical (unpaired) electrons. The molecule has 0 spiro atoms. The van der Waals surface area contributed by atoms with Crippen molar-refractivity contribution in [3.63, 3.8) is 0 Å². The first-order valence-electron chi connectivity index (χ1n) is 5.10. The zero-order valence-electron chi connectivity index (χ0n) is 8.90. The zero-order valence-corrected chi connectivity index (χ0v) is 8.90. The lowest BCUT2D eigenvalue weighted by Crippen LogP contribution is -2.30. The van der Waals surface area contributed by atoms with E-state index in [0.29, 0.717) is 5.92 Å². The van der Waals surface area contributed by atoms with Crippen LogP contribution in [0.1, 0.15) is 19.8 Å². The number of likely N-dealkylation sites (tertiary alicyclic amines) is 1. The quantitative estimate of drug-likeness (QED) is 0.734. The van der Waals surface area contributed by atoms with Gasteiger partial charge in [-0.05, 0) is 32.4 Å². The second-order valence-electron chi connectivity index (χ2n) is 4.22. The third-order valence-electron chi connectivity index (χ3n) is 2.63. The van der Waals surface area contributed by atoms with Crippen molar-refractivity contribution in [2.75, 3.05) is 26.7 Å². The largest absolute Gasteiger partial charge is 0.480 e. The summed E-state index contributed by atoms with van der Waals surface area (Å²) < 4.78 is 5.32. The molecule has 1 saturated heterocycles. The molecule has 0 saturated carbocycles. The van der Waals surface area contributed by atoms with Gasteiger partial charge in [-0.25, -0.2) is 4.79 Å². The SMILES string of the molecule is CC1CCN(C)CC(OCC(=O)O)C1. The molecular formula is C10H19NO3. The number of hydrogen-bond acceptors (Lipinski definition) is 3. The van der Waals surface area contributed by atoms with Crippen LogP contribution in [0.2, 0.25) is 0 Å². The molecule has 4 heteroatoms. The second-order valence-corrected chi connectivity index (χ2v) is 4.22. The number of rotatable bonds is 3. The van der Waals surface area contributed by atoms with Gasteiger partial charge in [-0.3, -0.25) is 0 Å². The Kier molecular flexibility index (Phi) is 4.35. The molecule has 0 aromatic carbocycles. The Balaban J connectivity index is 2.37. The standard InChI is InChI=1S/C10H19NO3/c1-8-3-4-11(2)6-9(5-8)14-7-10(12)13/h8-9H,3-7H2,1-2H3,(H,12,13). The molecule has 4 nitrogen and oxygen atoms in total. The van der Waals surface area contributed by atoms with Crippen LogP contribution >= 0.6 is 0 Å². The van der Waals surface area contributed by atoms with Gasteiger partial charge < -0.3 is 14.7 Å². The van der Waals surface area contributed by atoms with Crippen molar-refractivity contribution in [2.45, 2.75) is 25.9 Å². The number of aliphatic carboxylic acids is 1. The summed E-state index contributed by atoms with van der Waals surface area (Å²) in [4.78, 5) is 12.6. The number of hydrogen-bond donors (Lipinski definition) is 1. The van der Waals surface area contributed by atoms with Crippen LogP contribution in [0.4, 0.5) is 0 Å². The van der Waals surface area contributed by atoms with Crippen molar-refractivity contribution in [2.24, 2.45) is 5.92 Å². The number of carbonyl (C=O) groups is 1. The van der Waals surface area contributed by atoms with E-state index in [0.717, 1.165) is 19.5 Å². The first-order valence-corrected chi connectivity index (χ1v) is 5.10. The Hall–Kier alpha value is -0.610. The Morgan fingerprint density at radius 1 is 1.64 bits per heavy atom. The van der Waals surface area contributed by atoms with Crippen molar-refractivity contribution >= 4 is 5.97 Å². The van der Waals surface area contributed by atoms with Gasteiger partial charge in [-0.15, -0.1) is 0 Å². The van der Waals surface area contributed by atoms with E-state index in [1.54, 1.807) is 0 Å². The van der Waals surface area contributed by atoms with Crippen LogP contribution < -0.4 is 0 Å². The van der Waals surface area contributed by atoms with Crippen LogP contribution in [0, 0.1) is 5.92 Å². The molecule has 1 N–H and O–H groups in total. The van der Waals surface area contributed by atoms with Crippen LogP contribution in [0.15, 0.2) is 0 Å². The molecule has 14 heavy (non-hydrogen) atoms. The fraction of sp³-hybridized carbons (Fsp3) is 0.900. The molecule has 0 aromatic heterocycles. The van der Waals surface area contributed by atoms with Crippen molar-refractivity contribution in [3.05, 3.63) is 0 Å². The summed E-state index contributed by atoms with van der Waals surface area (Å²) in [6, 6.07) is 0. The monoisotopic (exact) mass is 201 g/mol. The summed E-state index contributed by atoms with van der Waals surface area (Å²) in [6.07, 6.45) is 2.22. The smallest absolute Gasteiger partial charge is 0.329 e. The molecule has 2 atom stereocenters. The van der Waals surface area contributed by atoms with Crippen LogP contribution in [0.3, 0.4) is 0 Å². The van der Waals surface area contributed by atoms with Gasteiger partial charge in [0.2, 0.25) is 0 Å². The van der Waals surface area contributed by atoms with E-state index in [-0.39, 0.29) is 12.7 Å². The van der Waals surface area contributed by atoms with Gasteiger partial charge in [0, 0.05) is 6.54 Å². The second kappa shape index (κ2) is 5.32. The van der Waals surface area contributed by atoms with Crippen molar-refractivity contribution in [1.29, 1.82) is 0 Å². The fourth-order valence-electron chi connectivity index (χ4n) is 1.83. The summed E-state index contributed by atoms with van der Waals surface area (Å²) in [5, 5.41) is 8.51. The lowest BCUT2D eigenvalue weighted by atomic mass is 10.0. The van der Waals surface area contributed by atoms with Gasteiger partial charge in [-0.2, -0.15) is 0 Å². The Morgan fingerprint density at radius 2 is 2.36 bits per heavy atom. The molecular weight excluding hydrogens is 182 g/mol. The van der Waals surface area contributed by atoms with E-state index in [2.05, 4.69) is 18.9 Å². The number of carboxylic acids is 1. The third-order valence-corrected chi connectivity index (χ3v) is 2.63. The van der Waals surface area contributed by atoms with Gasteiger partial charge in [0.15, 0.2) is 0 Å². The Labute approximate surface area is 84.8 Å². The molecule has 0 aliphatic carbocycles. The average molecular weight is 201 g/mol. The van der Waals surface area contributed by atoms with Gasteiger partial charge in [0.05, 0.1) is 6.10 Å². The highest BCUT2D eigenvalue weighted by Crippen LogP contribution is 2.18. The van der Waals surface area contributed by atoms with Crippen LogP contribution in [-0.2, 0) is 9.53 Å². The van der Waals surface area contributed by atoms with Crippen molar-refractivity contribution in [1.82, 2.24) is 4.90 Å². The summed E-state index contributed by atoms with van der Waals surface area (Å²) in [6.45, 7) is 3.94. The van der Waals surface area contributed by atoms with E-state index in [4.69, 9.17) is 9.84 Å². The predicted molar refractivity (Wildman–Crippen MR) is 53.3 cm³/mol. The van der Waals surface area contributed by atoms with E-state index in [9.17, 15) is 4.79 Å². The van der Waals surface area contributed by atoms with E-state index in [1.165, 1.54) is 6.42 Å². The van der Waals surface area contributed by atoms with Crippen molar-refractivity contribution < 1.29 is 14.6 Å². The number of carboxylic acid groups (broad SMARTS) is 1. The van der Waals surface area contributed by atoms with Gasteiger partial charge >= 0.3 is 5.97 Å². The molecule has 1 aliphatic heterocycles. The number of ether oxygens (including phenoxy) is 1. The van der Waals surface area contributed by atoms with Gasteiger partial charge in [0.25, 0.3) is 0 Å². The molecule has 82 valence electrons. The van der Waals surface area contributed by atoms with Crippen molar-refractivity contribution in [3.8, 4) is 0 Å². The number of nitrogens with zero attached hydrogens (tertiary/aromatic N) is 1. The van der Waals surface area contributed by atoms with E-state index in [1.807, 2.05) is 0 Å².